The van der Waals surface area contributed by atoms with E-state index in [1.165, 1.54) is 32.1 Å². The first-order valence-electron chi connectivity index (χ1n) is 8.94. The third-order valence-electron chi connectivity index (χ3n) is 4.46. The maximum atomic E-state index is 5.65. The van der Waals surface area contributed by atoms with Crippen molar-refractivity contribution in [2.75, 3.05) is 53.1 Å². The highest BCUT2D eigenvalue weighted by Gasteiger charge is 2.20. The van der Waals surface area contributed by atoms with Crippen molar-refractivity contribution in [2.45, 2.75) is 39.0 Å². The molecule has 0 radical (unpaired) electrons. The molecule has 1 saturated heterocycles. The van der Waals surface area contributed by atoms with Gasteiger partial charge in [-0.3, -0.25) is 4.99 Å². The van der Waals surface area contributed by atoms with Gasteiger partial charge >= 0.3 is 0 Å². The molecule has 0 bridgehead atoms. The monoisotopic (exact) mass is 439 g/mol. The number of aliphatic imine (C=N–C) groups is 1. The zero-order valence-corrected chi connectivity index (χ0v) is 17.1. The second-order valence-electron chi connectivity index (χ2n) is 6.52. The Balaban J connectivity index is 0.00000264. The lowest BCUT2D eigenvalue weighted by molar-refractivity contribution is 0.0625. The summed E-state index contributed by atoms with van der Waals surface area (Å²) in [4.78, 5) is 6.93. The van der Waals surface area contributed by atoms with Crippen LogP contribution in [0.15, 0.2) is 4.99 Å². The molecule has 0 aromatic carbocycles. The average Bonchev–Trinajstić information content (AvgIpc) is 3.36. The highest BCUT2D eigenvalue weighted by Crippen LogP contribution is 2.28. The smallest absolute Gasteiger partial charge is 0.193 e. The van der Waals surface area contributed by atoms with Crippen LogP contribution in [0, 0.1) is 11.8 Å². The van der Waals surface area contributed by atoms with E-state index in [1.807, 2.05) is 0 Å². The van der Waals surface area contributed by atoms with Crippen molar-refractivity contribution in [3.8, 4) is 0 Å². The molecular weight excluding hydrogens is 405 g/mol. The third-order valence-corrected chi connectivity index (χ3v) is 4.46. The summed E-state index contributed by atoms with van der Waals surface area (Å²) in [6, 6.07) is 0. The largest absolute Gasteiger partial charge is 0.381 e. The molecule has 6 heteroatoms. The summed E-state index contributed by atoms with van der Waals surface area (Å²) in [6.45, 7) is 8.34. The summed E-state index contributed by atoms with van der Waals surface area (Å²) in [5, 5.41) is 3.38. The van der Waals surface area contributed by atoms with Crippen LogP contribution in [0.4, 0.5) is 0 Å². The highest BCUT2D eigenvalue weighted by atomic mass is 127. The molecule has 2 rings (SSSR count). The van der Waals surface area contributed by atoms with Crippen molar-refractivity contribution >= 4 is 29.9 Å². The van der Waals surface area contributed by atoms with Gasteiger partial charge in [-0.15, -0.1) is 24.0 Å². The van der Waals surface area contributed by atoms with E-state index in [9.17, 15) is 0 Å². The van der Waals surface area contributed by atoms with Crippen LogP contribution in [0.25, 0.3) is 0 Å². The predicted octanol–water partition coefficient (Wildman–Crippen LogP) is 2.75. The van der Waals surface area contributed by atoms with Gasteiger partial charge in [0, 0.05) is 40.0 Å². The first-order chi connectivity index (χ1) is 10.8. The van der Waals surface area contributed by atoms with Crippen molar-refractivity contribution in [2.24, 2.45) is 16.8 Å². The van der Waals surface area contributed by atoms with E-state index >= 15 is 0 Å². The molecule has 0 unspecified atom stereocenters. The van der Waals surface area contributed by atoms with Gasteiger partial charge in [0.1, 0.15) is 0 Å². The minimum absolute atomic E-state index is 0. The fourth-order valence-electron chi connectivity index (χ4n) is 2.74. The second kappa shape index (κ2) is 12.3. The molecule has 0 atom stereocenters. The van der Waals surface area contributed by atoms with Gasteiger partial charge in [-0.2, -0.15) is 0 Å². The van der Waals surface area contributed by atoms with Gasteiger partial charge in [0.2, 0.25) is 0 Å². The molecule has 0 spiro atoms. The van der Waals surface area contributed by atoms with Crippen LogP contribution in [0.3, 0.4) is 0 Å². The van der Waals surface area contributed by atoms with E-state index in [2.05, 4.69) is 29.2 Å². The van der Waals surface area contributed by atoms with E-state index in [0.29, 0.717) is 0 Å². The van der Waals surface area contributed by atoms with Gasteiger partial charge in [-0.05, 0) is 50.9 Å². The molecule has 1 aliphatic carbocycles. The molecule has 0 amide bonds. The first-order valence-corrected chi connectivity index (χ1v) is 8.94. The number of nitrogens with one attached hydrogen (secondary N) is 1. The summed E-state index contributed by atoms with van der Waals surface area (Å²) in [5.74, 6) is 2.64. The minimum atomic E-state index is 0. The van der Waals surface area contributed by atoms with Crippen LogP contribution < -0.4 is 5.32 Å². The molecule has 1 saturated carbocycles. The van der Waals surface area contributed by atoms with E-state index in [0.717, 1.165) is 63.9 Å². The quantitative estimate of drug-likeness (QED) is 0.260. The van der Waals surface area contributed by atoms with Crippen LogP contribution in [-0.2, 0) is 9.47 Å². The lowest BCUT2D eigenvalue weighted by Gasteiger charge is -2.26. The molecular formula is C17H34IN3O2. The Labute approximate surface area is 158 Å². The number of halogens is 1. The Morgan fingerprint density at radius 2 is 1.96 bits per heavy atom. The zero-order chi connectivity index (χ0) is 15.6. The SMILES string of the molecule is CCNC(=NCCOCC1CC1)N(C)CCC1CCOCC1.I. The predicted molar refractivity (Wildman–Crippen MR) is 106 cm³/mol. The van der Waals surface area contributed by atoms with Crippen molar-refractivity contribution in [3.05, 3.63) is 0 Å². The molecule has 0 aromatic rings. The Morgan fingerprint density at radius 3 is 2.61 bits per heavy atom. The van der Waals surface area contributed by atoms with Crippen molar-refractivity contribution in [1.82, 2.24) is 10.2 Å². The molecule has 1 N–H and O–H groups in total. The van der Waals surface area contributed by atoms with Crippen LogP contribution in [-0.4, -0.2) is 64.0 Å². The van der Waals surface area contributed by atoms with Gasteiger partial charge in [-0.1, -0.05) is 0 Å². The fraction of sp³-hybridized carbons (Fsp3) is 0.941. The average molecular weight is 439 g/mol. The van der Waals surface area contributed by atoms with Gasteiger partial charge in [0.25, 0.3) is 0 Å². The standard InChI is InChI=1S/C17H33N3O2.HI/c1-3-18-17(19-9-13-22-14-16-4-5-16)20(2)10-6-15-7-11-21-12-8-15;/h15-16H,3-14H2,1-2H3,(H,18,19);1H. The number of guanidine groups is 1. The second-order valence-corrected chi connectivity index (χ2v) is 6.52. The van der Waals surface area contributed by atoms with Crippen LogP contribution in [0.2, 0.25) is 0 Å². The number of rotatable bonds is 9. The Morgan fingerprint density at radius 1 is 1.22 bits per heavy atom. The molecule has 0 aromatic heterocycles. The maximum absolute atomic E-state index is 5.65. The number of nitrogens with zero attached hydrogens (tertiary/aromatic N) is 2. The normalized spacial score (nSPS) is 19.3. The number of hydrogen-bond donors (Lipinski definition) is 1. The van der Waals surface area contributed by atoms with Gasteiger partial charge in [0.15, 0.2) is 5.96 Å². The fourth-order valence-corrected chi connectivity index (χ4v) is 2.74. The Hall–Kier alpha value is -0.0800. The van der Waals surface area contributed by atoms with Gasteiger partial charge in [-0.25, -0.2) is 0 Å². The van der Waals surface area contributed by atoms with E-state index in [-0.39, 0.29) is 24.0 Å². The molecule has 1 aliphatic heterocycles. The van der Waals surface area contributed by atoms with Crippen LogP contribution in [0.5, 0.6) is 0 Å². The van der Waals surface area contributed by atoms with E-state index in [4.69, 9.17) is 9.47 Å². The number of hydrogen-bond acceptors (Lipinski definition) is 3. The Bertz CT molecular complexity index is 332. The van der Waals surface area contributed by atoms with Crippen LogP contribution in [0.1, 0.15) is 39.0 Å². The summed E-state index contributed by atoms with van der Waals surface area (Å²) >= 11 is 0. The van der Waals surface area contributed by atoms with E-state index < -0.39 is 0 Å². The summed E-state index contributed by atoms with van der Waals surface area (Å²) in [5.41, 5.74) is 0. The number of ether oxygens (including phenoxy) is 2. The lowest BCUT2D eigenvalue weighted by Crippen LogP contribution is -2.40. The summed E-state index contributed by atoms with van der Waals surface area (Å²) < 4.78 is 11.1. The third kappa shape index (κ3) is 9.10. The molecule has 1 heterocycles. The van der Waals surface area contributed by atoms with Crippen molar-refractivity contribution in [1.29, 1.82) is 0 Å². The van der Waals surface area contributed by atoms with Crippen molar-refractivity contribution in [3.63, 3.8) is 0 Å². The molecule has 2 aliphatic rings. The minimum Gasteiger partial charge on any atom is -0.381 e. The summed E-state index contributed by atoms with van der Waals surface area (Å²) in [6.07, 6.45) is 6.33. The van der Waals surface area contributed by atoms with Crippen molar-refractivity contribution < 1.29 is 9.47 Å². The molecule has 2 fully saturated rings. The van der Waals surface area contributed by atoms with Crippen LogP contribution >= 0.6 is 24.0 Å². The zero-order valence-electron chi connectivity index (χ0n) is 14.8. The first kappa shape index (κ1) is 21.0. The van der Waals surface area contributed by atoms with Gasteiger partial charge < -0.3 is 19.7 Å². The topological polar surface area (TPSA) is 46.1 Å². The molecule has 136 valence electrons. The van der Waals surface area contributed by atoms with E-state index in [1.54, 1.807) is 0 Å². The Kier molecular flexibility index (Phi) is 11.2. The summed E-state index contributed by atoms with van der Waals surface area (Å²) in [7, 11) is 2.13. The molecule has 5 nitrogen and oxygen atoms in total. The highest BCUT2D eigenvalue weighted by molar-refractivity contribution is 14.0. The maximum Gasteiger partial charge on any atom is 0.193 e. The molecule has 23 heavy (non-hydrogen) atoms. The lowest BCUT2D eigenvalue weighted by atomic mass is 9.96. The van der Waals surface area contributed by atoms with Gasteiger partial charge in [0.05, 0.1) is 13.2 Å².